The highest BCUT2D eigenvalue weighted by atomic mass is 32.1. The lowest BCUT2D eigenvalue weighted by Gasteiger charge is -2.14. The summed E-state index contributed by atoms with van der Waals surface area (Å²) >= 11 is 1.29. The molecule has 0 spiro atoms. The number of benzene rings is 2. The zero-order chi connectivity index (χ0) is 19.2. The maximum Gasteiger partial charge on any atom is 0.358 e. The lowest BCUT2D eigenvalue weighted by Crippen LogP contribution is -2.30. The van der Waals surface area contributed by atoms with Crippen molar-refractivity contribution in [2.45, 2.75) is 13.0 Å². The first kappa shape index (κ1) is 18.6. The van der Waals surface area contributed by atoms with Crippen molar-refractivity contribution in [3.63, 3.8) is 0 Å². The number of hydrogen-bond acceptors (Lipinski definition) is 6. The van der Waals surface area contributed by atoms with E-state index in [2.05, 4.69) is 22.2 Å². The van der Waals surface area contributed by atoms with Gasteiger partial charge in [-0.1, -0.05) is 42.5 Å². The van der Waals surface area contributed by atoms with Crippen molar-refractivity contribution in [1.82, 2.24) is 4.98 Å². The number of carbonyl (C=O) groups excluding carboxylic acids is 2. The number of nitrogens with zero attached hydrogens (tertiary/aromatic N) is 1. The number of nitrogens with one attached hydrogen (secondary N) is 2. The number of ether oxygens (including phenoxy) is 1. The Morgan fingerprint density at radius 3 is 2.85 bits per heavy atom. The molecule has 1 atom stereocenters. The Labute approximate surface area is 160 Å². The van der Waals surface area contributed by atoms with Crippen molar-refractivity contribution >= 4 is 44.8 Å². The van der Waals surface area contributed by atoms with Crippen LogP contribution in [0.4, 0.5) is 10.8 Å². The van der Waals surface area contributed by atoms with E-state index in [1.807, 2.05) is 42.5 Å². The van der Waals surface area contributed by atoms with Crippen molar-refractivity contribution in [3.05, 3.63) is 66.2 Å². The van der Waals surface area contributed by atoms with Crippen LogP contribution in [0.1, 0.15) is 17.4 Å². The monoisotopic (exact) mass is 381 g/mol. The van der Waals surface area contributed by atoms with Crippen molar-refractivity contribution in [3.8, 4) is 0 Å². The highest BCUT2D eigenvalue weighted by Gasteiger charge is 2.21. The predicted molar refractivity (Wildman–Crippen MR) is 108 cm³/mol. The van der Waals surface area contributed by atoms with Crippen molar-refractivity contribution in [2.24, 2.45) is 0 Å². The lowest BCUT2D eigenvalue weighted by atomic mass is 10.1. The van der Waals surface area contributed by atoms with Crippen LogP contribution < -0.4 is 10.6 Å². The molecular formula is C20H19N3O3S. The van der Waals surface area contributed by atoms with Crippen LogP contribution in [0, 0.1) is 0 Å². The van der Waals surface area contributed by atoms with E-state index in [0.717, 1.165) is 10.8 Å². The van der Waals surface area contributed by atoms with Crippen LogP contribution in [0.25, 0.3) is 10.8 Å². The molecule has 0 fully saturated rings. The summed E-state index contributed by atoms with van der Waals surface area (Å²) in [6, 6.07) is 13.4. The molecule has 2 aromatic carbocycles. The molecule has 3 rings (SSSR count). The summed E-state index contributed by atoms with van der Waals surface area (Å²) in [5.74, 6) is -1.04. The van der Waals surface area contributed by atoms with Crippen molar-refractivity contribution in [1.29, 1.82) is 0 Å². The molecule has 0 aliphatic carbocycles. The van der Waals surface area contributed by atoms with Gasteiger partial charge in [0.05, 0.1) is 0 Å². The summed E-state index contributed by atoms with van der Waals surface area (Å²) in [7, 11) is 0. The zero-order valence-electron chi connectivity index (χ0n) is 14.8. The summed E-state index contributed by atoms with van der Waals surface area (Å²) in [6.45, 7) is 5.68. The second kappa shape index (κ2) is 8.46. The van der Waals surface area contributed by atoms with E-state index in [1.165, 1.54) is 18.3 Å². The van der Waals surface area contributed by atoms with Gasteiger partial charge in [-0.25, -0.2) is 9.78 Å². The molecular weight excluding hydrogens is 362 g/mol. The van der Waals surface area contributed by atoms with Gasteiger partial charge in [-0.2, -0.15) is 0 Å². The minimum absolute atomic E-state index is 0.163. The Morgan fingerprint density at radius 2 is 2.04 bits per heavy atom. The van der Waals surface area contributed by atoms with Gasteiger partial charge in [-0.05, 0) is 18.4 Å². The Balaban J connectivity index is 1.64. The van der Waals surface area contributed by atoms with Crippen molar-refractivity contribution < 1.29 is 14.3 Å². The fourth-order valence-electron chi connectivity index (χ4n) is 2.45. The van der Waals surface area contributed by atoms with Crippen LogP contribution in [0.15, 0.2) is 60.5 Å². The lowest BCUT2D eigenvalue weighted by molar-refractivity contribution is -0.123. The molecule has 0 aliphatic rings. The van der Waals surface area contributed by atoms with Gasteiger partial charge in [-0.15, -0.1) is 17.9 Å². The summed E-state index contributed by atoms with van der Waals surface area (Å²) in [4.78, 5) is 28.8. The molecule has 6 nitrogen and oxygen atoms in total. The Bertz CT molecular complexity index is 978. The molecule has 0 radical (unpaired) electrons. The molecule has 2 N–H and O–H groups in total. The third kappa shape index (κ3) is 4.51. The average Bonchev–Trinajstić information content (AvgIpc) is 3.15. The van der Waals surface area contributed by atoms with Crippen molar-refractivity contribution in [2.75, 3.05) is 17.2 Å². The van der Waals surface area contributed by atoms with Crippen LogP contribution >= 0.6 is 11.3 Å². The number of hydrogen-bond donors (Lipinski definition) is 2. The second-order valence-electron chi connectivity index (χ2n) is 5.77. The molecule has 1 aromatic heterocycles. The minimum Gasteiger partial charge on any atom is -0.448 e. The summed E-state index contributed by atoms with van der Waals surface area (Å²) in [5, 5.41) is 9.93. The van der Waals surface area contributed by atoms with E-state index >= 15 is 0 Å². The van der Waals surface area contributed by atoms with E-state index in [9.17, 15) is 9.59 Å². The van der Waals surface area contributed by atoms with E-state index in [1.54, 1.807) is 11.5 Å². The highest BCUT2D eigenvalue weighted by molar-refractivity contribution is 7.13. The molecule has 0 saturated carbocycles. The highest BCUT2D eigenvalue weighted by Crippen LogP contribution is 2.23. The first-order chi connectivity index (χ1) is 13.1. The molecule has 0 bridgehead atoms. The average molecular weight is 381 g/mol. The number of carbonyl (C=O) groups is 2. The Hall–Kier alpha value is -3.19. The third-order valence-corrected chi connectivity index (χ3v) is 4.61. The number of anilines is 2. The second-order valence-corrected chi connectivity index (χ2v) is 6.63. The number of rotatable bonds is 7. The smallest absolute Gasteiger partial charge is 0.358 e. The Morgan fingerprint density at radius 1 is 1.26 bits per heavy atom. The van der Waals surface area contributed by atoms with Crippen LogP contribution in [0.3, 0.4) is 0 Å². The molecule has 0 unspecified atom stereocenters. The van der Waals surface area contributed by atoms with Gasteiger partial charge >= 0.3 is 5.97 Å². The molecule has 0 aliphatic heterocycles. The molecule has 1 amide bonds. The Kier molecular flexibility index (Phi) is 5.83. The first-order valence-corrected chi connectivity index (χ1v) is 9.26. The first-order valence-electron chi connectivity index (χ1n) is 8.38. The molecule has 138 valence electrons. The molecule has 3 aromatic rings. The van der Waals surface area contributed by atoms with Gasteiger partial charge in [0.2, 0.25) is 0 Å². The fraction of sp³-hybridized carbons (Fsp3) is 0.150. The maximum absolute atomic E-state index is 12.4. The molecule has 27 heavy (non-hydrogen) atoms. The van der Waals surface area contributed by atoms with Crippen LogP contribution in [0.2, 0.25) is 0 Å². The number of aromatic nitrogens is 1. The third-order valence-electron chi connectivity index (χ3n) is 3.81. The maximum atomic E-state index is 12.4. The van der Waals surface area contributed by atoms with Gasteiger partial charge in [0.15, 0.2) is 16.9 Å². The van der Waals surface area contributed by atoms with Gasteiger partial charge in [-0.3, -0.25) is 4.79 Å². The van der Waals surface area contributed by atoms with Crippen LogP contribution in [0.5, 0.6) is 0 Å². The van der Waals surface area contributed by atoms with E-state index in [0.29, 0.717) is 17.4 Å². The topological polar surface area (TPSA) is 80.3 Å². The van der Waals surface area contributed by atoms with Crippen LogP contribution in [-0.4, -0.2) is 29.5 Å². The van der Waals surface area contributed by atoms with Crippen LogP contribution in [-0.2, 0) is 9.53 Å². The molecule has 7 heteroatoms. The van der Waals surface area contributed by atoms with E-state index in [4.69, 9.17) is 4.74 Å². The molecule has 1 heterocycles. The SMILES string of the molecule is C=CCNc1nc(C(=O)O[C@@H](C)C(=O)Nc2cccc3ccccc23)cs1. The number of thiazole rings is 1. The molecule has 0 saturated heterocycles. The van der Waals surface area contributed by atoms with E-state index in [-0.39, 0.29) is 5.69 Å². The predicted octanol–water partition coefficient (Wildman–Crippen LogP) is 4.08. The number of amides is 1. The van der Waals surface area contributed by atoms with Gasteiger partial charge in [0, 0.05) is 23.0 Å². The van der Waals surface area contributed by atoms with Gasteiger partial charge in [0.25, 0.3) is 5.91 Å². The van der Waals surface area contributed by atoms with E-state index < -0.39 is 18.0 Å². The standard InChI is InChI=1S/C20H19N3O3S/c1-3-11-21-20-23-17(12-27-20)19(25)26-13(2)18(24)22-16-10-6-8-14-7-4-5-9-15(14)16/h3-10,12-13H,1,11H2,2H3,(H,21,23)(H,22,24)/t13-/m0/s1. The minimum atomic E-state index is -0.956. The zero-order valence-corrected chi connectivity index (χ0v) is 15.6. The largest absolute Gasteiger partial charge is 0.448 e. The summed E-state index contributed by atoms with van der Waals surface area (Å²) in [6.07, 6.45) is 0.738. The van der Waals surface area contributed by atoms with Gasteiger partial charge in [0.1, 0.15) is 0 Å². The number of esters is 1. The summed E-state index contributed by atoms with van der Waals surface area (Å²) < 4.78 is 5.25. The fourth-order valence-corrected chi connectivity index (χ4v) is 3.14. The van der Waals surface area contributed by atoms with Gasteiger partial charge < -0.3 is 15.4 Å². The summed E-state index contributed by atoms with van der Waals surface area (Å²) in [5.41, 5.74) is 0.835. The quantitative estimate of drug-likeness (QED) is 0.476. The number of fused-ring (bicyclic) bond motifs is 1. The normalized spacial score (nSPS) is 11.6.